The number of fused-ring (bicyclic) bond motifs is 1. The van der Waals surface area contributed by atoms with Crippen molar-refractivity contribution in [1.29, 1.82) is 0 Å². The van der Waals surface area contributed by atoms with Crippen LogP contribution in [0, 0.1) is 5.92 Å². The topological polar surface area (TPSA) is 72.7 Å². The van der Waals surface area contributed by atoms with Crippen molar-refractivity contribution in [3.05, 3.63) is 58.6 Å². The van der Waals surface area contributed by atoms with Gasteiger partial charge in [0.2, 0.25) is 0 Å². The molecule has 0 aliphatic heterocycles. The molecular formula is C19H21N5OS. The van der Waals surface area contributed by atoms with Gasteiger partial charge in [0, 0.05) is 10.4 Å². The second kappa shape index (κ2) is 7.37. The summed E-state index contributed by atoms with van der Waals surface area (Å²) in [6.07, 6.45) is 7.72. The third-order valence-electron chi connectivity index (χ3n) is 4.87. The fourth-order valence-electron chi connectivity index (χ4n) is 3.28. The second-order valence-electron chi connectivity index (χ2n) is 6.65. The minimum atomic E-state index is -0.115. The molecule has 7 heteroatoms. The molecule has 0 unspecified atom stereocenters. The molecule has 0 bridgehead atoms. The lowest BCUT2D eigenvalue weighted by atomic mass is 9.89. The highest BCUT2D eigenvalue weighted by molar-refractivity contribution is 7.15. The van der Waals surface area contributed by atoms with Crippen molar-refractivity contribution in [2.24, 2.45) is 5.92 Å². The first-order valence-corrected chi connectivity index (χ1v) is 9.74. The quantitative estimate of drug-likeness (QED) is 0.748. The molecule has 0 spiro atoms. The molecule has 6 nitrogen and oxygen atoms in total. The van der Waals surface area contributed by atoms with Crippen molar-refractivity contribution in [3.8, 4) is 0 Å². The van der Waals surface area contributed by atoms with E-state index in [9.17, 15) is 4.79 Å². The molecule has 0 fully saturated rings. The second-order valence-corrected chi connectivity index (χ2v) is 7.73. The van der Waals surface area contributed by atoms with Gasteiger partial charge in [-0.05, 0) is 42.9 Å². The lowest BCUT2D eigenvalue weighted by molar-refractivity contribution is 0.102. The summed E-state index contributed by atoms with van der Waals surface area (Å²) < 4.78 is 1.75. The van der Waals surface area contributed by atoms with E-state index in [1.54, 1.807) is 22.3 Å². The van der Waals surface area contributed by atoms with Crippen LogP contribution in [-0.4, -0.2) is 25.7 Å². The monoisotopic (exact) mass is 367 g/mol. The number of anilines is 1. The molecule has 1 N–H and O–H groups in total. The standard InChI is InChI=1S/C19H21N5OS/c1-2-13-5-8-16-17(9-13)26-19(22-16)23-18(25)15-6-3-14(4-7-15)10-24-12-20-11-21-24/h3-4,6-7,11-13H,2,5,8-10H2,1H3,(H,22,23,25)/t13-/m0/s1. The number of benzene rings is 1. The van der Waals surface area contributed by atoms with Gasteiger partial charge in [0.1, 0.15) is 12.7 Å². The lowest BCUT2D eigenvalue weighted by Crippen LogP contribution is -2.12. The molecule has 1 aromatic carbocycles. The van der Waals surface area contributed by atoms with Crippen LogP contribution in [0.4, 0.5) is 5.13 Å². The largest absolute Gasteiger partial charge is 0.298 e. The zero-order valence-corrected chi connectivity index (χ0v) is 15.5. The minimum absolute atomic E-state index is 0.115. The van der Waals surface area contributed by atoms with Crippen LogP contribution in [0.2, 0.25) is 0 Å². The van der Waals surface area contributed by atoms with Crippen molar-refractivity contribution in [1.82, 2.24) is 19.7 Å². The van der Waals surface area contributed by atoms with Crippen molar-refractivity contribution in [2.75, 3.05) is 5.32 Å². The number of hydrogen-bond donors (Lipinski definition) is 1. The number of nitrogens with one attached hydrogen (secondary N) is 1. The first-order chi connectivity index (χ1) is 12.7. The summed E-state index contributed by atoms with van der Waals surface area (Å²) in [5.74, 6) is 0.638. The molecule has 0 radical (unpaired) electrons. The molecule has 1 aliphatic rings. The van der Waals surface area contributed by atoms with E-state index in [0.717, 1.165) is 30.0 Å². The maximum Gasteiger partial charge on any atom is 0.257 e. The van der Waals surface area contributed by atoms with Gasteiger partial charge in [-0.2, -0.15) is 5.10 Å². The van der Waals surface area contributed by atoms with Crippen molar-refractivity contribution in [2.45, 2.75) is 39.2 Å². The molecule has 2 heterocycles. The Bertz CT molecular complexity index is 885. The molecule has 1 aliphatic carbocycles. The van der Waals surface area contributed by atoms with Crippen molar-refractivity contribution < 1.29 is 4.79 Å². The maximum absolute atomic E-state index is 12.5. The molecule has 134 valence electrons. The van der Waals surface area contributed by atoms with Crippen LogP contribution >= 0.6 is 11.3 Å². The van der Waals surface area contributed by atoms with E-state index in [-0.39, 0.29) is 5.91 Å². The number of carbonyl (C=O) groups excluding carboxylic acids is 1. The zero-order valence-electron chi connectivity index (χ0n) is 14.7. The van der Waals surface area contributed by atoms with Crippen molar-refractivity contribution >= 4 is 22.4 Å². The number of aromatic nitrogens is 4. The number of hydrogen-bond acceptors (Lipinski definition) is 5. The van der Waals surface area contributed by atoms with Crippen molar-refractivity contribution in [3.63, 3.8) is 0 Å². The number of nitrogens with zero attached hydrogens (tertiary/aromatic N) is 4. The first-order valence-electron chi connectivity index (χ1n) is 8.92. The molecule has 1 atom stereocenters. The van der Waals surface area contributed by atoms with Crippen LogP contribution in [0.1, 0.15) is 46.3 Å². The fourth-order valence-corrected chi connectivity index (χ4v) is 4.39. The molecule has 26 heavy (non-hydrogen) atoms. The van der Waals surface area contributed by atoms with Crippen LogP contribution in [0.5, 0.6) is 0 Å². The number of rotatable bonds is 5. The summed E-state index contributed by atoms with van der Waals surface area (Å²) in [5.41, 5.74) is 2.87. The van der Waals surface area contributed by atoms with Crippen LogP contribution in [0.15, 0.2) is 36.9 Å². The highest BCUT2D eigenvalue weighted by Gasteiger charge is 2.22. The third kappa shape index (κ3) is 3.67. The molecule has 2 aromatic heterocycles. The van der Waals surface area contributed by atoms with E-state index in [1.165, 1.54) is 24.0 Å². The molecule has 0 saturated heterocycles. The number of amides is 1. The Kier molecular flexibility index (Phi) is 4.79. The summed E-state index contributed by atoms with van der Waals surface area (Å²) in [5, 5.41) is 7.75. The van der Waals surface area contributed by atoms with Gasteiger partial charge in [-0.3, -0.25) is 10.1 Å². The average molecular weight is 367 g/mol. The van der Waals surface area contributed by atoms with Gasteiger partial charge in [0.25, 0.3) is 5.91 Å². The highest BCUT2D eigenvalue weighted by atomic mass is 32.1. The SMILES string of the molecule is CC[C@H]1CCc2nc(NC(=O)c3ccc(Cn4cncn4)cc3)sc2C1. The molecule has 0 saturated carbocycles. The maximum atomic E-state index is 12.5. The highest BCUT2D eigenvalue weighted by Crippen LogP contribution is 2.33. The molecular weight excluding hydrogens is 346 g/mol. The van der Waals surface area contributed by atoms with Gasteiger partial charge in [-0.15, -0.1) is 11.3 Å². The lowest BCUT2D eigenvalue weighted by Gasteiger charge is -2.18. The summed E-state index contributed by atoms with van der Waals surface area (Å²) in [4.78, 5) is 22.4. The van der Waals surface area contributed by atoms with Crippen LogP contribution in [0.25, 0.3) is 0 Å². The Labute approximate surface area is 156 Å². The Morgan fingerprint density at radius 2 is 2.19 bits per heavy atom. The normalized spacial score (nSPS) is 16.3. The summed E-state index contributed by atoms with van der Waals surface area (Å²) in [6.45, 7) is 2.88. The Morgan fingerprint density at radius 1 is 1.35 bits per heavy atom. The fraction of sp³-hybridized carbons (Fsp3) is 0.368. The van der Waals surface area contributed by atoms with Gasteiger partial charge in [0.05, 0.1) is 12.2 Å². The van der Waals surface area contributed by atoms with E-state index < -0.39 is 0 Å². The Hall–Kier alpha value is -2.54. The van der Waals surface area contributed by atoms with E-state index in [0.29, 0.717) is 17.2 Å². The summed E-state index contributed by atoms with van der Waals surface area (Å²) in [7, 11) is 0. The van der Waals surface area contributed by atoms with Gasteiger partial charge >= 0.3 is 0 Å². The average Bonchev–Trinajstić information content (AvgIpc) is 3.30. The summed E-state index contributed by atoms with van der Waals surface area (Å²) >= 11 is 1.62. The van der Waals surface area contributed by atoms with E-state index in [2.05, 4.69) is 27.3 Å². The third-order valence-corrected chi connectivity index (χ3v) is 5.90. The smallest absolute Gasteiger partial charge is 0.257 e. The Balaban J connectivity index is 1.41. The zero-order chi connectivity index (χ0) is 17.9. The van der Waals surface area contributed by atoms with Crippen LogP contribution < -0.4 is 5.32 Å². The van der Waals surface area contributed by atoms with Gasteiger partial charge in [-0.1, -0.05) is 25.5 Å². The number of aryl methyl sites for hydroxylation is 1. The summed E-state index contributed by atoms with van der Waals surface area (Å²) in [6, 6.07) is 7.55. The predicted octanol–water partition coefficient (Wildman–Crippen LogP) is 3.55. The van der Waals surface area contributed by atoms with E-state index in [4.69, 9.17) is 0 Å². The van der Waals surface area contributed by atoms with E-state index >= 15 is 0 Å². The van der Waals surface area contributed by atoms with E-state index in [1.807, 2.05) is 24.3 Å². The van der Waals surface area contributed by atoms with Gasteiger partial charge in [-0.25, -0.2) is 14.6 Å². The van der Waals surface area contributed by atoms with Crippen LogP contribution in [0.3, 0.4) is 0 Å². The molecule has 4 rings (SSSR count). The predicted molar refractivity (Wildman–Crippen MR) is 101 cm³/mol. The molecule has 1 amide bonds. The van der Waals surface area contributed by atoms with Crippen LogP contribution in [-0.2, 0) is 19.4 Å². The minimum Gasteiger partial charge on any atom is -0.298 e. The van der Waals surface area contributed by atoms with Gasteiger partial charge in [0.15, 0.2) is 5.13 Å². The van der Waals surface area contributed by atoms with Gasteiger partial charge < -0.3 is 0 Å². The Morgan fingerprint density at radius 3 is 2.92 bits per heavy atom. The first kappa shape index (κ1) is 16.9. The number of thiazole rings is 1. The molecule has 3 aromatic rings. The number of carbonyl (C=O) groups is 1.